The maximum absolute atomic E-state index is 2.38. The molecule has 0 bridgehead atoms. The third-order valence-corrected chi connectivity index (χ3v) is 11.2. The minimum atomic E-state index is 1.06. The van der Waals surface area contributed by atoms with Crippen LogP contribution in [0.4, 0.5) is 0 Å². The van der Waals surface area contributed by atoms with E-state index in [0.717, 1.165) is 35.5 Å². The molecule has 2 fully saturated rings. The Morgan fingerprint density at radius 1 is 0.368 bits per heavy atom. The van der Waals surface area contributed by atoms with Gasteiger partial charge in [0.15, 0.2) is 0 Å². The summed E-state index contributed by atoms with van der Waals surface area (Å²) < 4.78 is 0. The number of hydrogen-bond acceptors (Lipinski definition) is 0. The molecule has 0 aliphatic heterocycles. The van der Waals surface area contributed by atoms with Gasteiger partial charge < -0.3 is 0 Å². The Bertz CT molecular complexity index is 502. The third kappa shape index (κ3) is 13.6. The molecule has 0 heterocycles. The first kappa shape index (κ1) is 34.2. The molecule has 2 saturated carbocycles. The minimum absolute atomic E-state index is 1.06. The van der Waals surface area contributed by atoms with Crippen molar-refractivity contribution in [3.63, 3.8) is 0 Å². The first-order chi connectivity index (χ1) is 18.7. The maximum Gasteiger partial charge on any atom is -0.0352 e. The van der Waals surface area contributed by atoms with Gasteiger partial charge in [-0.15, -0.1) is 0 Å². The van der Waals surface area contributed by atoms with E-state index in [1.807, 2.05) is 0 Å². The molecule has 0 spiro atoms. The lowest BCUT2D eigenvalue weighted by Gasteiger charge is -2.51. The normalized spacial score (nSPS) is 27.5. The zero-order valence-corrected chi connectivity index (χ0v) is 27.3. The van der Waals surface area contributed by atoms with Crippen LogP contribution in [0.15, 0.2) is 0 Å². The summed E-state index contributed by atoms with van der Waals surface area (Å²) in [4.78, 5) is 0. The highest BCUT2D eigenvalue weighted by atomic mass is 14.5. The van der Waals surface area contributed by atoms with E-state index < -0.39 is 0 Å². The largest absolute Gasteiger partial charge is 0.0654 e. The molecule has 0 radical (unpaired) electrons. The molecule has 6 unspecified atom stereocenters. The molecule has 2 rings (SSSR count). The van der Waals surface area contributed by atoms with Crippen molar-refractivity contribution >= 4 is 0 Å². The average Bonchev–Trinajstić information content (AvgIpc) is 2.93. The van der Waals surface area contributed by atoms with Gasteiger partial charge in [0.25, 0.3) is 0 Å². The summed E-state index contributed by atoms with van der Waals surface area (Å²) in [5.74, 6) is 6.46. The molecule has 0 saturated heterocycles. The van der Waals surface area contributed by atoms with Gasteiger partial charge in [0.05, 0.1) is 0 Å². The van der Waals surface area contributed by atoms with E-state index in [9.17, 15) is 0 Å². The van der Waals surface area contributed by atoms with E-state index >= 15 is 0 Å². The van der Waals surface area contributed by atoms with Crippen LogP contribution >= 0.6 is 0 Å². The Hall–Kier alpha value is 0. The summed E-state index contributed by atoms with van der Waals surface area (Å²) in [7, 11) is 0. The van der Waals surface area contributed by atoms with E-state index in [0.29, 0.717) is 0 Å². The molecule has 0 amide bonds. The molecule has 0 nitrogen and oxygen atoms in total. The van der Waals surface area contributed by atoms with E-state index in [4.69, 9.17) is 0 Å². The Kier molecular flexibility index (Phi) is 20.4. The second-order valence-corrected chi connectivity index (χ2v) is 14.2. The van der Waals surface area contributed by atoms with Crippen molar-refractivity contribution in [3.05, 3.63) is 0 Å². The SMILES string of the molecule is CCCCCCCCC1CCC2CC(CCCCCC)C(CCCCCC)CC2C1CCCCCCCC. The summed E-state index contributed by atoms with van der Waals surface area (Å²) in [6, 6.07) is 0. The summed E-state index contributed by atoms with van der Waals surface area (Å²) in [5.41, 5.74) is 0. The number of hydrogen-bond donors (Lipinski definition) is 0. The number of unbranched alkanes of at least 4 members (excludes halogenated alkanes) is 16. The Labute approximate surface area is 242 Å². The molecule has 226 valence electrons. The van der Waals surface area contributed by atoms with Crippen LogP contribution in [0.5, 0.6) is 0 Å². The van der Waals surface area contributed by atoms with E-state index in [-0.39, 0.29) is 0 Å². The van der Waals surface area contributed by atoms with Gasteiger partial charge in [-0.3, -0.25) is 0 Å². The fraction of sp³-hybridized carbons (Fsp3) is 1.00. The van der Waals surface area contributed by atoms with E-state index in [1.54, 1.807) is 51.4 Å². The standard InChI is InChI=1S/C38H74/c1-5-9-13-17-19-23-25-33-29-30-36-31-34(26-21-15-11-7-3)35(27-22-16-12-8-4)32-38(36)37(33)28-24-20-18-14-10-6-2/h33-38H,5-32H2,1-4H3. The predicted octanol–water partition coefficient (Wildman–Crippen LogP) is 13.7. The zero-order valence-electron chi connectivity index (χ0n) is 27.3. The monoisotopic (exact) mass is 531 g/mol. The second kappa shape index (κ2) is 22.7. The Balaban J connectivity index is 1.99. The lowest BCUT2D eigenvalue weighted by molar-refractivity contribution is -0.00866. The second-order valence-electron chi connectivity index (χ2n) is 14.2. The highest BCUT2D eigenvalue weighted by molar-refractivity contribution is 4.94. The van der Waals surface area contributed by atoms with Crippen LogP contribution in [-0.2, 0) is 0 Å². The average molecular weight is 531 g/mol. The molecule has 0 aromatic heterocycles. The molecular formula is C38H74. The summed E-state index contributed by atoms with van der Waals surface area (Å²) in [5, 5.41) is 0. The Morgan fingerprint density at radius 2 is 0.763 bits per heavy atom. The first-order valence-electron chi connectivity index (χ1n) is 18.7. The van der Waals surface area contributed by atoms with Gasteiger partial charge in [-0.25, -0.2) is 0 Å². The van der Waals surface area contributed by atoms with Gasteiger partial charge in [-0.1, -0.05) is 175 Å². The fourth-order valence-electron chi connectivity index (χ4n) is 8.87. The van der Waals surface area contributed by atoms with Crippen molar-refractivity contribution in [1.29, 1.82) is 0 Å². The highest BCUT2D eigenvalue weighted by Crippen LogP contribution is 2.54. The predicted molar refractivity (Wildman–Crippen MR) is 173 cm³/mol. The molecule has 0 N–H and O–H groups in total. The van der Waals surface area contributed by atoms with Gasteiger partial charge in [-0.05, 0) is 67.6 Å². The highest BCUT2D eigenvalue weighted by Gasteiger charge is 2.44. The molecule has 0 aromatic carbocycles. The maximum atomic E-state index is 2.38. The molecule has 0 aromatic rings. The van der Waals surface area contributed by atoms with Gasteiger partial charge in [-0.2, -0.15) is 0 Å². The summed E-state index contributed by atoms with van der Waals surface area (Å²) >= 11 is 0. The molecule has 38 heavy (non-hydrogen) atoms. The third-order valence-electron chi connectivity index (χ3n) is 11.2. The van der Waals surface area contributed by atoms with Crippen LogP contribution in [0.1, 0.15) is 207 Å². The number of rotatable bonds is 24. The van der Waals surface area contributed by atoms with Crippen molar-refractivity contribution in [1.82, 2.24) is 0 Å². The number of fused-ring (bicyclic) bond motifs is 1. The zero-order chi connectivity index (χ0) is 27.3. The van der Waals surface area contributed by atoms with E-state index in [2.05, 4.69) is 27.7 Å². The van der Waals surface area contributed by atoms with Gasteiger partial charge >= 0.3 is 0 Å². The van der Waals surface area contributed by atoms with Crippen LogP contribution < -0.4 is 0 Å². The van der Waals surface area contributed by atoms with Crippen molar-refractivity contribution in [2.45, 2.75) is 207 Å². The van der Waals surface area contributed by atoms with Crippen LogP contribution in [-0.4, -0.2) is 0 Å². The van der Waals surface area contributed by atoms with E-state index in [1.165, 1.54) is 128 Å². The van der Waals surface area contributed by atoms with Gasteiger partial charge in [0.1, 0.15) is 0 Å². The van der Waals surface area contributed by atoms with Crippen LogP contribution in [0, 0.1) is 35.5 Å². The summed E-state index contributed by atoms with van der Waals surface area (Å²) in [6.45, 7) is 9.45. The van der Waals surface area contributed by atoms with Crippen LogP contribution in [0.2, 0.25) is 0 Å². The van der Waals surface area contributed by atoms with Crippen molar-refractivity contribution < 1.29 is 0 Å². The fourth-order valence-corrected chi connectivity index (χ4v) is 8.87. The van der Waals surface area contributed by atoms with Gasteiger partial charge in [0.2, 0.25) is 0 Å². The smallest absolute Gasteiger partial charge is 0.0352 e. The van der Waals surface area contributed by atoms with Crippen LogP contribution in [0.3, 0.4) is 0 Å². The van der Waals surface area contributed by atoms with Gasteiger partial charge in [0, 0.05) is 0 Å². The molecule has 6 atom stereocenters. The molecule has 0 heteroatoms. The van der Waals surface area contributed by atoms with Crippen molar-refractivity contribution in [3.8, 4) is 0 Å². The molecule has 2 aliphatic rings. The molecular weight excluding hydrogens is 456 g/mol. The first-order valence-corrected chi connectivity index (χ1v) is 18.7. The minimum Gasteiger partial charge on any atom is -0.0654 e. The molecule has 2 aliphatic carbocycles. The van der Waals surface area contributed by atoms with Crippen molar-refractivity contribution in [2.24, 2.45) is 35.5 Å². The van der Waals surface area contributed by atoms with Crippen molar-refractivity contribution in [2.75, 3.05) is 0 Å². The lowest BCUT2D eigenvalue weighted by atomic mass is 9.54. The topological polar surface area (TPSA) is 0 Å². The lowest BCUT2D eigenvalue weighted by Crippen LogP contribution is -2.42. The summed E-state index contributed by atoms with van der Waals surface area (Å²) in [6.07, 6.45) is 42.1. The Morgan fingerprint density at radius 3 is 1.29 bits per heavy atom. The quantitative estimate of drug-likeness (QED) is 0.109. The van der Waals surface area contributed by atoms with Crippen LogP contribution in [0.25, 0.3) is 0 Å².